The van der Waals surface area contributed by atoms with Crippen LogP contribution in [-0.4, -0.2) is 45.3 Å². The molecule has 0 aliphatic rings. The van der Waals surface area contributed by atoms with E-state index in [1.807, 2.05) is 6.92 Å². The number of aliphatic carboxylic acids is 1. The summed E-state index contributed by atoms with van der Waals surface area (Å²) in [6, 6.07) is -1.29. The first-order chi connectivity index (χ1) is 7.93. The number of aromatic amines is 1. The van der Waals surface area contributed by atoms with Gasteiger partial charge in [-0.1, -0.05) is 0 Å². The fourth-order valence-corrected chi connectivity index (χ4v) is 1.19. The van der Waals surface area contributed by atoms with Crippen molar-refractivity contribution in [2.75, 3.05) is 7.05 Å². The molecule has 0 aliphatic carbocycles. The van der Waals surface area contributed by atoms with Crippen molar-refractivity contribution >= 4 is 12.0 Å². The maximum Gasteiger partial charge on any atom is 0.326 e. The number of carbonyl (C=O) groups is 2. The summed E-state index contributed by atoms with van der Waals surface area (Å²) in [5.74, 6) is -1.04. The number of likely N-dealkylation sites (N-methyl/N-ethyl adjacent to an activating group) is 1. The number of nitrogens with zero attached hydrogens (tertiary/aromatic N) is 2. The van der Waals surface area contributed by atoms with Crippen molar-refractivity contribution in [1.82, 2.24) is 20.4 Å². The summed E-state index contributed by atoms with van der Waals surface area (Å²) in [6.45, 7) is 3.61. The number of carbonyl (C=O) groups excluding carboxylic acids is 1. The van der Waals surface area contributed by atoms with Crippen molar-refractivity contribution in [3.05, 3.63) is 17.5 Å². The molecule has 0 aromatic carbocycles. The fourth-order valence-electron chi connectivity index (χ4n) is 1.19. The molecule has 2 amide bonds. The number of rotatable bonds is 4. The van der Waals surface area contributed by atoms with Crippen molar-refractivity contribution in [2.24, 2.45) is 0 Å². The third kappa shape index (κ3) is 3.20. The molecule has 0 bridgehead atoms. The molecule has 0 fully saturated rings. The maximum atomic E-state index is 11.6. The molecule has 1 rings (SSSR count). The lowest BCUT2D eigenvalue weighted by atomic mass is 10.2. The number of carboxylic acid groups (broad SMARTS) is 1. The minimum atomic E-state index is -1.04. The second-order valence-electron chi connectivity index (χ2n) is 3.80. The Morgan fingerprint density at radius 2 is 2.29 bits per heavy atom. The van der Waals surface area contributed by atoms with E-state index in [2.05, 4.69) is 15.5 Å². The van der Waals surface area contributed by atoms with Gasteiger partial charge in [-0.15, -0.1) is 0 Å². The predicted octanol–water partition coefficient (Wildman–Crippen LogP) is 0.333. The lowest BCUT2D eigenvalue weighted by molar-refractivity contribution is -0.141. The number of nitrogens with one attached hydrogen (secondary N) is 2. The Morgan fingerprint density at radius 3 is 2.76 bits per heavy atom. The number of aryl methyl sites for hydroxylation is 1. The van der Waals surface area contributed by atoms with Gasteiger partial charge in [-0.2, -0.15) is 5.10 Å². The minimum absolute atomic E-state index is 0.317. The van der Waals surface area contributed by atoms with Crippen LogP contribution in [-0.2, 0) is 11.3 Å². The van der Waals surface area contributed by atoms with E-state index in [0.717, 1.165) is 16.2 Å². The normalized spacial score (nSPS) is 11.9. The van der Waals surface area contributed by atoms with Gasteiger partial charge in [0.25, 0.3) is 0 Å². The standard InChI is InChI=1S/C10H16N4O3/c1-6-8(5-12-13-6)4-11-10(17)14(3)7(2)9(15)16/h5,7H,4H2,1-3H3,(H,11,17)(H,12,13)(H,15,16). The molecule has 94 valence electrons. The monoisotopic (exact) mass is 240 g/mol. The summed E-state index contributed by atoms with van der Waals surface area (Å²) in [4.78, 5) is 23.4. The van der Waals surface area contributed by atoms with Gasteiger partial charge in [-0.3, -0.25) is 5.10 Å². The smallest absolute Gasteiger partial charge is 0.326 e. The molecule has 0 aliphatic heterocycles. The van der Waals surface area contributed by atoms with E-state index in [0.29, 0.717) is 6.54 Å². The molecule has 7 nitrogen and oxygen atoms in total. The number of hydrogen-bond donors (Lipinski definition) is 3. The Bertz CT molecular complexity index is 415. The van der Waals surface area contributed by atoms with Crippen LogP contribution in [0, 0.1) is 6.92 Å². The molecular formula is C10H16N4O3. The molecule has 1 unspecified atom stereocenters. The summed E-state index contributed by atoms with van der Waals surface area (Å²) in [5, 5.41) is 18.0. The van der Waals surface area contributed by atoms with Crippen LogP contribution in [0.1, 0.15) is 18.2 Å². The molecule has 17 heavy (non-hydrogen) atoms. The highest BCUT2D eigenvalue weighted by Crippen LogP contribution is 2.02. The minimum Gasteiger partial charge on any atom is -0.480 e. The molecule has 0 radical (unpaired) electrons. The largest absolute Gasteiger partial charge is 0.480 e. The van der Waals surface area contributed by atoms with Gasteiger partial charge >= 0.3 is 12.0 Å². The second kappa shape index (κ2) is 5.33. The summed E-state index contributed by atoms with van der Waals surface area (Å²) in [5.41, 5.74) is 1.74. The average molecular weight is 240 g/mol. The van der Waals surface area contributed by atoms with Gasteiger partial charge in [0.05, 0.1) is 6.20 Å². The number of urea groups is 1. The van der Waals surface area contributed by atoms with E-state index < -0.39 is 18.0 Å². The Hall–Kier alpha value is -2.05. The third-order valence-corrected chi connectivity index (χ3v) is 2.62. The Morgan fingerprint density at radius 1 is 1.65 bits per heavy atom. The van der Waals surface area contributed by atoms with Gasteiger partial charge in [-0.25, -0.2) is 9.59 Å². The van der Waals surface area contributed by atoms with Crippen LogP contribution in [0.5, 0.6) is 0 Å². The van der Waals surface area contributed by atoms with Crippen LogP contribution >= 0.6 is 0 Å². The molecule has 1 aromatic rings. The zero-order chi connectivity index (χ0) is 13.0. The van der Waals surface area contributed by atoms with Crippen LogP contribution in [0.3, 0.4) is 0 Å². The quantitative estimate of drug-likeness (QED) is 0.706. The van der Waals surface area contributed by atoms with Gasteiger partial charge in [0.1, 0.15) is 6.04 Å². The van der Waals surface area contributed by atoms with Gasteiger partial charge in [0, 0.05) is 24.8 Å². The number of carboxylic acids is 1. The lowest BCUT2D eigenvalue weighted by Crippen LogP contribution is -2.45. The van der Waals surface area contributed by atoms with Crippen LogP contribution < -0.4 is 5.32 Å². The number of amides is 2. The molecule has 1 heterocycles. The summed E-state index contributed by atoms with van der Waals surface area (Å²) >= 11 is 0. The van der Waals surface area contributed by atoms with E-state index in [1.165, 1.54) is 14.0 Å². The Balaban J connectivity index is 2.50. The summed E-state index contributed by atoms with van der Waals surface area (Å²) in [6.07, 6.45) is 1.62. The van der Waals surface area contributed by atoms with E-state index in [4.69, 9.17) is 5.11 Å². The van der Waals surface area contributed by atoms with Crippen molar-refractivity contribution < 1.29 is 14.7 Å². The molecule has 1 aromatic heterocycles. The van der Waals surface area contributed by atoms with Crippen molar-refractivity contribution in [3.8, 4) is 0 Å². The molecule has 1 atom stereocenters. The number of aromatic nitrogens is 2. The van der Waals surface area contributed by atoms with Gasteiger partial charge < -0.3 is 15.3 Å². The molecule has 3 N–H and O–H groups in total. The zero-order valence-electron chi connectivity index (χ0n) is 10.0. The second-order valence-corrected chi connectivity index (χ2v) is 3.80. The first kappa shape index (κ1) is 13.0. The number of H-pyrrole nitrogens is 1. The molecule has 0 saturated carbocycles. The third-order valence-electron chi connectivity index (χ3n) is 2.62. The average Bonchev–Trinajstić information content (AvgIpc) is 2.69. The van der Waals surface area contributed by atoms with Crippen molar-refractivity contribution in [2.45, 2.75) is 26.4 Å². The van der Waals surface area contributed by atoms with Gasteiger partial charge in [0.15, 0.2) is 0 Å². The van der Waals surface area contributed by atoms with Crippen LogP contribution in [0.4, 0.5) is 4.79 Å². The SMILES string of the molecule is Cc1[nH]ncc1CNC(=O)N(C)C(C)C(=O)O. The molecule has 0 saturated heterocycles. The maximum absolute atomic E-state index is 11.6. The van der Waals surface area contributed by atoms with Crippen molar-refractivity contribution in [3.63, 3.8) is 0 Å². The van der Waals surface area contributed by atoms with Crippen LogP contribution in [0.2, 0.25) is 0 Å². The zero-order valence-corrected chi connectivity index (χ0v) is 10.0. The Kier molecular flexibility index (Phi) is 4.08. The topological polar surface area (TPSA) is 98.3 Å². The van der Waals surface area contributed by atoms with Crippen molar-refractivity contribution in [1.29, 1.82) is 0 Å². The fraction of sp³-hybridized carbons (Fsp3) is 0.500. The molecular weight excluding hydrogens is 224 g/mol. The van der Waals surface area contributed by atoms with Gasteiger partial charge in [0.2, 0.25) is 0 Å². The highest BCUT2D eigenvalue weighted by molar-refractivity contribution is 5.82. The van der Waals surface area contributed by atoms with E-state index in [1.54, 1.807) is 6.20 Å². The Labute approximate surface area is 98.8 Å². The predicted molar refractivity (Wildman–Crippen MR) is 60.4 cm³/mol. The lowest BCUT2D eigenvalue weighted by Gasteiger charge is -2.21. The van der Waals surface area contributed by atoms with Gasteiger partial charge in [-0.05, 0) is 13.8 Å². The molecule has 0 spiro atoms. The summed E-state index contributed by atoms with van der Waals surface area (Å²) in [7, 11) is 1.44. The van der Waals surface area contributed by atoms with E-state index in [-0.39, 0.29) is 0 Å². The first-order valence-electron chi connectivity index (χ1n) is 5.15. The molecule has 7 heteroatoms. The highest BCUT2D eigenvalue weighted by atomic mass is 16.4. The van der Waals surface area contributed by atoms with E-state index >= 15 is 0 Å². The van der Waals surface area contributed by atoms with E-state index in [9.17, 15) is 9.59 Å². The highest BCUT2D eigenvalue weighted by Gasteiger charge is 2.21. The van der Waals surface area contributed by atoms with Crippen LogP contribution in [0.25, 0.3) is 0 Å². The summed E-state index contributed by atoms with van der Waals surface area (Å²) < 4.78 is 0. The first-order valence-corrected chi connectivity index (χ1v) is 5.15. The number of hydrogen-bond acceptors (Lipinski definition) is 3. The van der Waals surface area contributed by atoms with Crippen LogP contribution in [0.15, 0.2) is 6.20 Å².